The quantitative estimate of drug-likeness (QED) is 0.811. The van der Waals surface area contributed by atoms with E-state index in [2.05, 4.69) is 29.6 Å². The van der Waals surface area contributed by atoms with Crippen molar-refractivity contribution in [3.05, 3.63) is 34.7 Å². The van der Waals surface area contributed by atoms with Crippen molar-refractivity contribution in [1.82, 2.24) is 15.1 Å². The maximum atomic E-state index is 12.1. The monoisotopic (exact) mass is 306 g/mol. The molecule has 5 nitrogen and oxygen atoms in total. The lowest BCUT2D eigenvalue weighted by molar-refractivity contribution is 0.248. The Morgan fingerprint density at radius 3 is 2.95 bits per heavy atom. The van der Waals surface area contributed by atoms with Gasteiger partial charge in [-0.1, -0.05) is 26.3 Å². The highest BCUT2D eigenvalue weighted by Crippen LogP contribution is 2.21. The number of nitrogens with one attached hydrogen (secondary N) is 2. The molecule has 114 valence electrons. The van der Waals surface area contributed by atoms with E-state index in [1.807, 2.05) is 28.3 Å². The van der Waals surface area contributed by atoms with Crippen molar-refractivity contribution in [3.63, 3.8) is 0 Å². The van der Waals surface area contributed by atoms with E-state index in [1.54, 1.807) is 17.5 Å². The summed E-state index contributed by atoms with van der Waals surface area (Å²) in [5, 5.41) is 12.1. The Labute approximate surface area is 129 Å². The van der Waals surface area contributed by atoms with Gasteiger partial charge in [0.1, 0.15) is 5.82 Å². The van der Waals surface area contributed by atoms with Crippen molar-refractivity contribution < 1.29 is 4.79 Å². The molecule has 0 aliphatic heterocycles. The predicted molar refractivity (Wildman–Crippen MR) is 86.6 cm³/mol. The molecular weight excluding hydrogens is 284 g/mol. The first-order valence-corrected chi connectivity index (χ1v) is 8.25. The third-order valence-electron chi connectivity index (χ3n) is 3.28. The van der Waals surface area contributed by atoms with Crippen LogP contribution in [-0.4, -0.2) is 15.8 Å². The van der Waals surface area contributed by atoms with E-state index in [9.17, 15) is 4.79 Å². The molecule has 2 heterocycles. The van der Waals surface area contributed by atoms with Gasteiger partial charge in [-0.3, -0.25) is 5.32 Å². The van der Waals surface area contributed by atoms with Crippen molar-refractivity contribution in [2.24, 2.45) is 0 Å². The lowest BCUT2D eigenvalue weighted by Gasteiger charge is -2.16. The van der Waals surface area contributed by atoms with E-state index in [-0.39, 0.29) is 12.1 Å². The van der Waals surface area contributed by atoms with Crippen LogP contribution in [0.5, 0.6) is 0 Å². The van der Waals surface area contributed by atoms with E-state index in [1.165, 1.54) is 4.88 Å². The van der Waals surface area contributed by atoms with Crippen LogP contribution in [0.1, 0.15) is 44.0 Å². The second-order valence-corrected chi connectivity index (χ2v) is 5.85. The number of unbranched alkanes of at least 4 members (excludes halogenated alkanes) is 1. The molecule has 2 aromatic rings. The molecule has 0 aliphatic carbocycles. The summed E-state index contributed by atoms with van der Waals surface area (Å²) in [7, 11) is 0. The molecule has 0 bridgehead atoms. The summed E-state index contributed by atoms with van der Waals surface area (Å²) in [6.45, 7) is 5.02. The van der Waals surface area contributed by atoms with Crippen LogP contribution in [0.2, 0.25) is 0 Å². The van der Waals surface area contributed by atoms with E-state index in [0.29, 0.717) is 0 Å². The van der Waals surface area contributed by atoms with Crippen molar-refractivity contribution in [2.75, 3.05) is 5.32 Å². The standard InChI is InChI=1S/C15H22N4OS/c1-3-5-10-19-14(8-9-16-19)18-15(20)17-12(4-2)13-7-6-11-21-13/h6-9,11-12H,3-5,10H2,1-2H3,(H2,17,18,20). The fourth-order valence-corrected chi connectivity index (χ4v) is 2.96. The van der Waals surface area contributed by atoms with Crippen LogP contribution in [0.25, 0.3) is 0 Å². The Hall–Kier alpha value is -1.82. The number of carbonyl (C=O) groups excluding carboxylic acids is 1. The molecule has 2 N–H and O–H groups in total. The number of aryl methyl sites for hydroxylation is 1. The molecule has 0 aliphatic rings. The number of rotatable bonds is 7. The minimum Gasteiger partial charge on any atom is -0.330 e. The summed E-state index contributed by atoms with van der Waals surface area (Å²) in [4.78, 5) is 13.3. The van der Waals surface area contributed by atoms with Gasteiger partial charge in [0.25, 0.3) is 0 Å². The molecular formula is C15H22N4OS. The fourth-order valence-electron chi connectivity index (χ4n) is 2.10. The third kappa shape index (κ3) is 4.32. The summed E-state index contributed by atoms with van der Waals surface area (Å²) in [5.74, 6) is 0.738. The molecule has 0 aromatic carbocycles. The van der Waals surface area contributed by atoms with Gasteiger partial charge in [-0.15, -0.1) is 11.3 Å². The molecule has 2 rings (SSSR count). The lowest BCUT2D eigenvalue weighted by atomic mass is 10.2. The number of amides is 2. The van der Waals surface area contributed by atoms with Gasteiger partial charge >= 0.3 is 6.03 Å². The van der Waals surface area contributed by atoms with Crippen LogP contribution in [0.15, 0.2) is 29.8 Å². The average molecular weight is 306 g/mol. The maximum Gasteiger partial charge on any atom is 0.320 e. The normalized spacial score (nSPS) is 12.1. The molecule has 21 heavy (non-hydrogen) atoms. The summed E-state index contributed by atoms with van der Waals surface area (Å²) >= 11 is 1.66. The van der Waals surface area contributed by atoms with E-state index >= 15 is 0 Å². The van der Waals surface area contributed by atoms with Gasteiger partial charge in [0.2, 0.25) is 0 Å². The van der Waals surface area contributed by atoms with Crippen molar-refractivity contribution in [1.29, 1.82) is 0 Å². The lowest BCUT2D eigenvalue weighted by Crippen LogP contribution is -2.32. The van der Waals surface area contributed by atoms with Crippen LogP contribution < -0.4 is 10.6 Å². The Kier molecular flexibility index (Phi) is 5.80. The molecule has 0 fully saturated rings. The molecule has 6 heteroatoms. The SMILES string of the molecule is CCCCn1nccc1NC(=O)NC(CC)c1cccs1. The smallest absolute Gasteiger partial charge is 0.320 e. The van der Waals surface area contributed by atoms with Crippen LogP contribution in [0, 0.1) is 0 Å². The molecule has 2 amide bonds. The number of thiophene rings is 1. The Bertz CT molecular complexity index is 550. The molecule has 1 atom stereocenters. The van der Waals surface area contributed by atoms with Gasteiger partial charge in [0, 0.05) is 17.5 Å². The fraction of sp³-hybridized carbons (Fsp3) is 0.467. The Morgan fingerprint density at radius 1 is 1.43 bits per heavy atom. The summed E-state index contributed by atoms with van der Waals surface area (Å²) in [5.41, 5.74) is 0. The van der Waals surface area contributed by atoms with Gasteiger partial charge in [-0.25, -0.2) is 9.48 Å². The maximum absolute atomic E-state index is 12.1. The summed E-state index contributed by atoms with van der Waals surface area (Å²) < 4.78 is 1.83. The number of aromatic nitrogens is 2. The van der Waals surface area contributed by atoms with Gasteiger partial charge in [-0.2, -0.15) is 5.10 Å². The van der Waals surface area contributed by atoms with Crippen molar-refractivity contribution in [3.8, 4) is 0 Å². The van der Waals surface area contributed by atoms with Crippen LogP contribution in [0.4, 0.5) is 10.6 Å². The number of nitrogens with zero attached hydrogens (tertiary/aromatic N) is 2. The van der Waals surface area contributed by atoms with E-state index in [4.69, 9.17) is 0 Å². The largest absolute Gasteiger partial charge is 0.330 e. The second-order valence-electron chi connectivity index (χ2n) is 4.87. The minimum absolute atomic E-state index is 0.0528. The number of carbonyl (C=O) groups is 1. The highest BCUT2D eigenvalue weighted by Gasteiger charge is 2.14. The van der Waals surface area contributed by atoms with Crippen molar-refractivity contribution in [2.45, 2.75) is 45.7 Å². The average Bonchev–Trinajstić information content (AvgIpc) is 3.14. The molecule has 1 unspecified atom stereocenters. The summed E-state index contributed by atoms with van der Waals surface area (Å²) in [6, 6.07) is 5.74. The number of hydrogen-bond donors (Lipinski definition) is 2. The zero-order chi connectivity index (χ0) is 15.1. The first-order chi connectivity index (χ1) is 10.2. The first-order valence-electron chi connectivity index (χ1n) is 7.37. The topological polar surface area (TPSA) is 59.0 Å². The number of urea groups is 1. The van der Waals surface area contributed by atoms with E-state index < -0.39 is 0 Å². The number of hydrogen-bond acceptors (Lipinski definition) is 3. The highest BCUT2D eigenvalue weighted by molar-refractivity contribution is 7.10. The summed E-state index contributed by atoms with van der Waals surface area (Å²) in [6.07, 6.45) is 4.72. The van der Waals surface area contributed by atoms with Crippen LogP contribution >= 0.6 is 11.3 Å². The molecule has 0 spiro atoms. The van der Waals surface area contributed by atoms with Gasteiger partial charge in [-0.05, 0) is 24.3 Å². The molecule has 0 saturated carbocycles. The zero-order valence-electron chi connectivity index (χ0n) is 12.5. The predicted octanol–water partition coefficient (Wildman–Crippen LogP) is 4.02. The second kappa shape index (κ2) is 7.83. The zero-order valence-corrected chi connectivity index (χ0v) is 13.3. The first kappa shape index (κ1) is 15.6. The third-order valence-corrected chi connectivity index (χ3v) is 4.27. The minimum atomic E-state index is -0.187. The van der Waals surface area contributed by atoms with E-state index in [0.717, 1.165) is 31.6 Å². The Morgan fingerprint density at radius 2 is 2.29 bits per heavy atom. The molecule has 2 aromatic heterocycles. The highest BCUT2D eigenvalue weighted by atomic mass is 32.1. The van der Waals surface area contributed by atoms with Crippen molar-refractivity contribution >= 4 is 23.2 Å². The molecule has 0 saturated heterocycles. The van der Waals surface area contributed by atoms with Crippen LogP contribution in [0.3, 0.4) is 0 Å². The Balaban J connectivity index is 1.93. The van der Waals surface area contributed by atoms with Gasteiger partial charge in [0.05, 0.1) is 12.2 Å². The number of anilines is 1. The van der Waals surface area contributed by atoms with Gasteiger partial charge < -0.3 is 5.32 Å². The van der Waals surface area contributed by atoms with Crippen LogP contribution in [-0.2, 0) is 6.54 Å². The molecule has 0 radical (unpaired) electrons. The van der Waals surface area contributed by atoms with Gasteiger partial charge in [0.15, 0.2) is 0 Å².